The van der Waals surface area contributed by atoms with Gasteiger partial charge in [0.25, 0.3) is 0 Å². The Kier molecular flexibility index (Phi) is 3.63. The Morgan fingerprint density at radius 3 is 2.81 bits per heavy atom. The van der Waals surface area contributed by atoms with Gasteiger partial charge in [-0.05, 0) is 14.0 Å². The standard InChI is InChI=1S/C18H20N4O5/c1-4-5-20-12-8(2)14(23)13-11(15(12)24)9(7-27-17(19)25)18(26)16-10(21(16)3)6-22(13)18/h1,9-10,16,20,26H,5-7H2,2-3H3,(H2,19,25)/t9-,10+,16+,18-,21?/m0/s1. The Morgan fingerprint density at radius 1 is 1.48 bits per heavy atom. The zero-order chi connectivity index (χ0) is 19.7. The first kappa shape index (κ1) is 17.6. The van der Waals surface area contributed by atoms with Crippen molar-refractivity contribution in [2.24, 2.45) is 11.7 Å². The van der Waals surface area contributed by atoms with Crippen LogP contribution in [0.15, 0.2) is 22.5 Å². The molecule has 0 aromatic carbocycles. The van der Waals surface area contributed by atoms with Gasteiger partial charge in [-0.15, -0.1) is 6.42 Å². The summed E-state index contributed by atoms with van der Waals surface area (Å²) in [6, 6.07) is -0.180. The van der Waals surface area contributed by atoms with E-state index in [1.165, 1.54) is 0 Å². The van der Waals surface area contributed by atoms with Crippen LogP contribution in [-0.4, -0.2) is 77.1 Å². The fraction of sp³-hybridized carbons (Fsp3) is 0.500. The van der Waals surface area contributed by atoms with Crippen LogP contribution in [0.3, 0.4) is 0 Å². The highest BCUT2D eigenvalue weighted by atomic mass is 16.5. The average Bonchev–Trinajstić information content (AvgIpc) is 3.02. The van der Waals surface area contributed by atoms with Crippen LogP contribution < -0.4 is 11.1 Å². The second kappa shape index (κ2) is 5.58. The zero-order valence-corrected chi connectivity index (χ0v) is 15.0. The molecule has 4 rings (SSSR count). The molecule has 1 aliphatic carbocycles. The van der Waals surface area contributed by atoms with Gasteiger partial charge in [0.1, 0.15) is 6.61 Å². The van der Waals surface area contributed by atoms with E-state index < -0.39 is 23.5 Å². The number of piperazine rings is 1. The summed E-state index contributed by atoms with van der Waals surface area (Å²) >= 11 is 0. The predicted octanol–water partition coefficient (Wildman–Crippen LogP) is -1.70. The molecule has 0 aromatic heterocycles. The summed E-state index contributed by atoms with van der Waals surface area (Å²) in [6.45, 7) is 1.76. The molecule has 9 heteroatoms. The number of ether oxygens (including phenoxy) is 1. The molecule has 0 aromatic rings. The van der Waals surface area contributed by atoms with Crippen molar-refractivity contribution < 1.29 is 24.2 Å². The quantitative estimate of drug-likeness (QED) is 0.303. The van der Waals surface area contributed by atoms with E-state index in [1.807, 2.05) is 11.9 Å². The molecule has 9 nitrogen and oxygen atoms in total. The van der Waals surface area contributed by atoms with Gasteiger partial charge in [-0.3, -0.25) is 14.5 Å². The molecule has 27 heavy (non-hydrogen) atoms. The Morgan fingerprint density at radius 2 is 2.19 bits per heavy atom. The summed E-state index contributed by atoms with van der Waals surface area (Å²) < 4.78 is 4.94. The summed E-state index contributed by atoms with van der Waals surface area (Å²) in [5.74, 6) is 0.731. The van der Waals surface area contributed by atoms with Crippen LogP contribution in [0, 0.1) is 18.3 Å². The molecule has 2 fully saturated rings. The molecule has 4 N–H and O–H groups in total. The van der Waals surface area contributed by atoms with E-state index in [1.54, 1.807) is 11.8 Å². The summed E-state index contributed by atoms with van der Waals surface area (Å²) in [4.78, 5) is 40.9. The lowest BCUT2D eigenvalue weighted by Crippen LogP contribution is -2.53. The fourth-order valence-corrected chi connectivity index (χ4v) is 4.73. The third-order valence-electron chi connectivity index (χ3n) is 6.02. The SMILES string of the molecule is C#CCNC1=C(C)C(=O)C2=C(C1=O)[C@H](COC(N)=O)[C@]1(O)[C@H]3[C@@H](CN21)N3C. The second-order valence-electron chi connectivity index (χ2n) is 7.23. The Balaban J connectivity index is 1.78. The minimum Gasteiger partial charge on any atom is -0.449 e. The van der Waals surface area contributed by atoms with E-state index in [0.29, 0.717) is 6.54 Å². The maximum atomic E-state index is 13.2. The van der Waals surface area contributed by atoms with Gasteiger partial charge in [0.05, 0.1) is 29.9 Å². The molecule has 5 atom stereocenters. The number of nitrogens with two attached hydrogens (primary N) is 1. The van der Waals surface area contributed by atoms with Crippen LogP contribution >= 0.6 is 0 Å². The van der Waals surface area contributed by atoms with Gasteiger partial charge >= 0.3 is 6.09 Å². The highest BCUT2D eigenvalue weighted by Gasteiger charge is 2.74. The first-order valence-electron chi connectivity index (χ1n) is 8.61. The lowest BCUT2D eigenvalue weighted by atomic mass is 9.82. The summed E-state index contributed by atoms with van der Waals surface area (Å²) in [6.07, 6.45) is 4.24. The normalized spacial score (nSPS) is 36.3. The van der Waals surface area contributed by atoms with Crippen molar-refractivity contribution >= 4 is 17.7 Å². The number of likely N-dealkylation sites (N-methyl/N-ethyl adjacent to an activating group) is 1. The maximum Gasteiger partial charge on any atom is 0.404 e. The highest BCUT2D eigenvalue weighted by Crippen LogP contribution is 2.57. The lowest BCUT2D eigenvalue weighted by Gasteiger charge is -2.37. The Labute approximate surface area is 155 Å². The fourth-order valence-electron chi connectivity index (χ4n) is 4.73. The first-order valence-corrected chi connectivity index (χ1v) is 8.61. The van der Waals surface area contributed by atoms with Crippen LogP contribution in [0.2, 0.25) is 0 Å². The molecule has 3 heterocycles. The number of aliphatic hydroxyl groups is 1. The van der Waals surface area contributed by atoms with E-state index in [9.17, 15) is 19.5 Å². The number of rotatable bonds is 4. The molecule has 0 bridgehead atoms. The van der Waals surface area contributed by atoms with Crippen molar-refractivity contribution in [3.05, 3.63) is 22.5 Å². The molecule has 0 spiro atoms. The van der Waals surface area contributed by atoms with Crippen molar-refractivity contribution in [2.45, 2.75) is 24.7 Å². The van der Waals surface area contributed by atoms with Crippen LogP contribution in [0.5, 0.6) is 0 Å². The Hall–Kier alpha value is -2.83. The molecular formula is C18H20N4O5. The smallest absolute Gasteiger partial charge is 0.404 e. The third kappa shape index (κ3) is 2.11. The number of hydrogen-bond donors (Lipinski definition) is 3. The number of primary amides is 1. The number of nitrogens with one attached hydrogen (secondary N) is 1. The lowest BCUT2D eigenvalue weighted by molar-refractivity contribution is -0.126. The summed E-state index contributed by atoms with van der Waals surface area (Å²) in [5.41, 5.74) is 4.28. The number of hydrogen-bond acceptors (Lipinski definition) is 8. The van der Waals surface area contributed by atoms with E-state index in [0.717, 1.165) is 0 Å². The van der Waals surface area contributed by atoms with Crippen molar-refractivity contribution in [1.29, 1.82) is 0 Å². The number of terminal acetylenes is 1. The number of nitrogens with zero attached hydrogens (tertiary/aromatic N) is 2. The van der Waals surface area contributed by atoms with Crippen LogP contribution in [0.4, 0.5) is 4.79 Å². The molecule has 1 amide bonds. The number of fused-ring (bicyclic) bond motifs is 4. The van der Waals surface area contributed by atoms with Crippen molar-refractivity contribution in [1.82, 2.24) is 15.1 Å². The van der Waals surface area contributed by atoms with Crippen molar-refractivity contribution in [3.63, 3.8) is 0 Å². The van der Waals surface area contributed by atoms with Crippen molar-refractivity contribution in [2.75, 3.05) is 26.7 Å². The van der Waals surface area contributed by atoms with Gasteiger partial charge in [-0.25, -0.2) is 4.79 Å². The maximum absolute atomic E-state index is 13.2. The Bertz CT molecular complexity index is 885. The number of carbonyl (C=O) groups excluding carboxylic acids is 3. The van der Waals surface area contributed by atoms with E-state index in [4.69, 9.17) is 16.9 Å². The number of amides is 1. The van der Waals surface area contributed by atoms with Gasteiger partial charge < -0.3 is 25.8 Å². The summed E-state index contributed by atoms with van der Waals surface area (Å²) in [5, 5.41) is 14.3. The molecular weight excluding hydrogens is 352 g/mol. The molecule has 142 valence electrons. The van der Waals surface area contributed by atoms with E-state index >= 15 is 0 Å². The molecule has 0 radical (unpaired) electrons. The highest BCUT2D eigenvalue weighted by molar-refractivity contribution is 6.25. The van der Waals surface area contributed by atoms with Gasteiger partial charge in [-0.2, -0.15) is 0 Å². The third-order valence-corrected chi connectivity index (χ3v) is 6.02. The number of allylic oxidation sites excluding steroid dienone is 2. The van der Waals surface area contributed by atoms with Crippen LogP contribution in [0.25, 0.3) is 0 Å². The van der Waals surface area contributed by atoms with Gasteiger partial charge in [0, 0.05) is 23.7 Å². The topological polar surface area (TPSA) is 125 Å². The molecule has 0 saturated carbocycles. The van der Waals surface area contributed by atoms with Gasteiger partial charge in [-0.1, -0.05) is 5.92 Å². The molecule has 3 aliphatic heterocycles. The first-order chi connectivity index (χ1) is 12.7. The van der Waals surface area contributed by atoms with Gasteiger partial charge in [0.15, 0.2) is 5.72 Å². The second-order valence-corrected chi connectivity index (χ2v) is 7.23. The minimum absolute atomic E-state index is 0.0771. The minimum atomic E-state index is -1.51. The van der Waals surface area contributed by atoms with E-state index in [-0.39, 0.29) is 53.6 Å². The summed E-state index contributed by atoms with van der Waals surface area (Å²) in [7, 11) is 1.86. The monoisotopic (exact) mass is 372 g/mol. The number of ketones is 2. The van der Waals surface area contributed by atoms with Crippen LogP contribution in [-0.2, 0) is 14.3 Å². The largest absolute Gasteiger partial charge is 0.449 e. The van der Waals surface area contributed by atoms with E-state index in [2.05, 4.69) is 11.2 Å². The number of carbonyl (C=O) groups is 3. The predicted molar refractivity (Wildman–Crippen MR) is 92.6 cm³/mol. The molecule has 4 aliphatic rings. The number of Topliss-reactive ketones (excluding diaryl/α,β-unsaturated/α-hetero) is 2. The van der Waals surface area contributed by atoms with Crippen molar-refractivity contribution in [3.8, 4) is 12.3 Å². The van der Waals surface area contributed by atoms with Crippen LogP contribution in [0.1, 0.15) is 6.92 Å². The molecule has 2 saturated heterocycles. The van der Waals surface area contributed by atoms with Gasteiger partial charge in [0.2, 0.25) is 11.6 Å². The molecule has 1 unspecified atom stereocenters. The zero-order valence-electron chi connectivity index (χ0n) is 15.0. The average molecular weight is 372 g/mol.